The van der Waals surface area contributed by atoms with Crippen molar-refractivity contribution < 1.29 is 28.7 Å². The van der Waals surface area contributed by atoms with Crippen LogP contribution in [0.1, 0.15) is 124 Å². The fourth-order valence-corrected chi connectivity index (χ4v) is 6.54. The van der Waals surface area contributed by atoms with Gasteiger partial charge in [-0.15, -0.1) is 11.6 Å². The first-order valence-corrected chi connectivity index (χ1v) is 19.2. The van der Waals surface area contributed by atoms with Crippen LogP contribution in [0.25, 0.3) is 0 Å². The highest BCUT2D eigenvalue weighted by Crippen LogP contribution is 2.26. The molecule has 0 aliphatic rings. The van der Waals surface area contributed by atoms with Gasteiger partial charge < -0.3 is 14.8 Å². The maximum Gasteiger partial charge on any atom is 0.272 e. The summed E-state index contributed by atoms with van der Waals surface area (Å²) >= 11 is 6.04. The Morgan fingerprint density at radius 1 is 0.603 bits per heavy atom. The fraction of sp³-hybridized carbons (Fsp3) is 0.391. The van der Waals surface area contributed by atoms with E-state index in [-0.39, 0.29) is 31.0 Å². The average Bonchev–Trinajstić information content (AvgIpc) is 3.13. The molecule has 0 aromatic heterocycles. The summed E-state index contributed by atoms with van der Waals surface area (Å²) in [6.45, 7) is 19.5. The van der Waals surface area contributed by atoms with E-state index in [1.165, 1.54) is 17.1 Å². The zero-order valence-corrected chi connectivity index (χ0v) is 36.3. The zero-order chi connectivity index (χ0) is 42.8. The fourth-order valence-electron chi connectivity index (χ4n) is 6.26. The van der Waals surface area contributed by atoms with E-state index in [9.17, 15) is 19.2 Å². The molecule has 4 aromatic carbocycles. The minimum Gasteiger partial charge on any atom is -0.496 e. The molecule has 4 amide bonds. The minimum absolute atomic E-state index is 0. The molecule has 11 nitrogen and oxygen atoms in total. The molecule has 3 N–H and O–H groups in total. The Balaban J connectivity index is 0.000000394. The van der Waals surface area contributed by atoms with Crippen molar-refractivity contribution in [2.75, 3.05) is 21.3 Å². The lowest BCUT2D eigenvalue weighted by molar-refractivity contribution is 0.0356. The van der Waals surface area contributed by atoms with E-state index in [0.717, 1.165) is 27.8 Å². The summed E-state index contributed by atoms with van der Waals surface area (Å²) in [5.41, 5.74) is 11.5. The predicted octanol–water partition coefficient (Wildman–Crippen LogP) is 8.89. The maximum atomic E-state index is 13.3. The Bertz CT molecular complexity index is 2050. The van der Waals surface area contributed by atoms with E-state index < -0.39 is 17.0 Å². The molecule has 0 fully saturated rings. The molecular weight excluding hydrogens is 754 g/mol. The number of carbonyl (C=O) groups is 4. The Hall–Kier alpha value is -5.39. The van der Waals surface area contributed by atoms with Crippen LogP contribution in [0.4, 0.5) is 0 Å². The van der Waals surface area contributed by atoms with Crippen molar-refractivity contribution in [2.45, 2.75) is 100 Å². The largest absolute Gasteiger partial charge is 0.496 e. The summed E-state index contributed by atoms with van der Waals surface area (Å²) in [4.78, 5) is 52.6. The number of amides is 4. The predicted molar refractivity (Wildman–Crippen MR) is 234 cm³/mol. The van der Waals surface area contributed by atoms with Crippen LogP contribution >= 0.6 is 11.6 Å². The van der Waals surface area contributed by atoms with Gasteiger partial charge >= 0.3 is 0 Å². The molecule has 0 saturated heterocycles. The molecular formula is C46H62ClN5O6. The average molecular weight is 816 g/mol. The third-order valence-corrected chi connectivity index (χ3v) is 9.06. The minimum atomic E-state index is -0.635. The first kappa shape index (κ1) is 48.8. The van der Waals surface area contributed by atoms with Gasteiger partial charge in [-0.05, 0) is 125 Å². The van der Waals surface area contributed by atoms with Crippen molar-refractivity contribution >= 4 is 35.2 Å². The highest BCUT2D eigenvalue weighted by Gasteiger charge is 2.32. The molecule has 0 radical (unpaired) electrons. The maximum absolute atomic E-state index is 13.3. The van der Waals surface area contributed by atoms with Crippen molar-refractivity contribution in [1.29, 1.82) is 0 Å². The number of alkyl halides is 1. The quantitative estimate of drug-likeness (QED) is 0.114. The summed E-state index contributed by atoms with van der Waals surface area (Å²) in [6.07, 6.45) is 0. The number of hydrogen-bond acceptors (Lipinski definition) is 7. The molecule has 4 aromatic rings. The van der Waals surface area contributed by atoms with Crippen molar-refractivity contribution in [1.82, 2.24) is 26.2 Å². The second-order valence-corrected chi connectivity index (χ2v) is 16.2. The molecule has 0 atom stereocenters. The Kier molecular flexibility index (Phi) is 17.5. The van der Waals surface area contributed by atoms with Gasteiger partial charge in [-0.25, -0.2) is 10.0 Å². The van der Waals surface area contributed by atoms with E-state index in [2.05, 4.69) is 16.2 Å². The van der Waals surface area contributed by atoms with Gasteiger partial charge in [-0.3, -0.25) is 30.0 Å². The molecule has 12 heteroatoms. The van der Waals surface area contributed by atoms with Gasteiger partial charge in [0.05, 0.1) is 31.2 Å². The van der Waals surface area contributed by atoms with E-state index in [4.69, 9.17) is 21.1 Å². The van der Waals surface area contributed by atoms with Crippen molar-refractivity contribution in [3.05, 3.63) is 128 Å². The number of carbonyl (C=O) groups excluding carboxylic acids is 4. The number of nitrogens with one attached hydrogen (secondary N) is 3. The monoisotopic (exact) mass is 815 g/mol. The molecule has 0 aliphatic carbocycles. The van der Waals surface area contributed by atoms with Crippen LogP contribution < -0.4 is 25.6 Å². The third-order valence-electron chi connectivity index (χ3n) is 8.79. The number of halogens is 1. The van der Waals surface area contributed by atoms with Gasteiger partial charge in [-0.1, -0.05) is 53.9 Å². The summed E-state index contributed by atoms with van der Waals surface area (Å²) in [6, 6.07) is 21.7. The van der Waals surface area contributed by atoms with E-state index >= 15 is 0 Å². The Morgan fingerprint density at radius 3 is 1.26 bits per heavy atom. The molecule has 0 spiro atoms. The number of aryl methyl sites for hydroxylation is 4. The van der Waals surface area contributed by atoms with E-state index in [1.54, 1.807) is 44.5 Å². The van der Waals surface area contributed by atoms with E-state index in [0.29, 0.717) is 45.9 Å². The smallest absolute Gasteiger partial charge is 0.272 e. The first-order valence-electron chi connectivity index (χ1n) is 18.7. The molecule has 0 bridgehead atoms. The van der Waals surface area contributed by atoms with Crippen LogP contribution in [0.5, 0.6) is 11.5 Å². The molecule has 4 rings (SSSR count). The number of methoxy groups -OCH3 is 2. The Labute approximate surface area is 350 Å². The zero-order valence-electron chi connectivity index (χ0n) is 35.6. The van der Waals surface area contributed by atoms with Crippen LogP contribution in [0.3, 0.4) is 0 Å². The molecule has 314 valence electrons. The van der Waals surface area contributed by atoms with Gasteiger partial charge in [0.25, 0.3) is 23.6 Å². The molecule has 0 unspecified atom stereocenters. The lowest BCUT2D eigenvalue weighted by atomic mass is 10.0. The van der Waals surface area contributed by atoms with Gasteiger partial charge in [0.1, 0.15) is 11.5 Å². The number of nitrogens with zero attached hydrogens (tertiary/aromatic N) is 2. The second kappa shape index (κ2) is 20.9. The SMILES string of the molecule is C.CNCc1c(OC)cccc1C(=O)NN(C(=O)c1cc(C)cc(C)c1)C(C)(C)C.COc1cccc(C(=O)NN(C(=O)c2cc(C)cc(C)c2)C(C)(C)C)c1CCl. The van der Waals surface area contributed by atoms with Gasteiger partial charge in [0.15, 0.2) is 0 Å². The first-order chi connectivity index (χ1) is 26.7. The number of rotatable bonds is 9. The highest BCUT2D eigenvalue weighted by atomic mass is 35.5. The summed E-state index contributed by atoms with van der Waals surface area (Å²) in [5, 5.41) is 5.82. The number of hydrazine groups is 2. The van der Waals surface area contributed by atoms with Crippen LogP contribution in [0, 0.1) is 27.7 Å². The van der Waals surface area contributed by atoms with Crippen molar-refractivity contribution in [2.24, 2.45) is 0 Å². The summed E-state index contributed by atoms with van der Waals surface area (Å²) in [7, 11) is 4.90. The lowest BCUT2D eigenvalue weighted by Gasteiger charge is -2.36. The molecule has 0 saturated carbocycles. The second-order valence-electron chi connectivity index (χ2n) is 15.9. The normalized spacial score (nSPS) is 10.9. The molecule has 0 aliphatic heterocycles. The number of hydrogen-bond donors (Lipinski definition) is 3. The standard InChI is InChI=1S/C23H31N3O3.C22H27ClN2O3.CH4/c1-15-11-16(2)13-17(12-15)22(28)26(23(3,4)5)25-21(27)18-9-8-10-20(29-7)19(18)14-24-6;1-14-10-15(2)12-16(11-14)21(27)25(22(3,4)5)24-20(26)17-8-7-9-19(28-6)18(17)13-23;/h8-13,24H,14H2,1-7H3,(H,25,27);7-12H,13H2,1-6H3,(H,24,26);1H4. The summed E-state index contributed by atoms with van der Waals surface area (Å²) in [5.74, 6) is -0.0314. The van der Waals surface area contributed by atoms with Gasteiger partial charge in [0.2, 0.25) is 0 Å². The van der Waals surface area contributed by atoms with Crippen LogP contribution in [0.2, 0.25) is 0 Å². The van der Waals surface area contributed by atoms with Crippen LogP contribution in [-0.4, -0.2) is 66.0 Å². The van der Waals surface area contributed by atoms with Gasteiger partial charge in [-0.2, -0.15) is 0 Å². The Morgan fingerprint density at radius 2 is 0.948 bits per heavy atom. The van der Waals surface area contributed by atoms with Gasteiger partial charge in [0, 0.05) is 39.9 Å². The van der Waals surface area contributed by atoms with Crippen molar-refractivity contribution in [3.63, 3.8) is 0 Å². The van der Waals surface area contributed by atoms with Crippen LogP contribution in [-0.2, 0) is 12.4 Å². The van der Waals surface area contributed by atoms with Crippen molar-refractivity contribution in [3.8, 4) is 11.5 Å². The topological polar surface area (TPSA) is 129 Å². The number of ether oxygens (including phenoxy) is 2. The van der Waals surface area contributed by atoms with E-state index in [1.807, 2.05) is 112 Å². The lowest BCUT2D eigenvalue weighted by Crippen LogP contribution is -2.56. The third kappa shape index (κ3) is 12.6. The highest BCUT2D eigenvalue weighted by molar-refractivity contribution is 6.18. The number of benzene rings is 4. The van der Waals surface area contributed by atoms with Crippen LogP contribution in [0.15, 0.2) is 72.8 Å². The molecule has 0 heterocycles. The summed E-state index contributed by atoms with van der Waals surface area (Å²) < 4.78 is 10.7. The molecule has 58 heavy (non-hydrogen) atoms.